The second-order valence-electron chi connectivity index (χ2n) is 11.5. The molecule has 41 heavy (non-hydrogen) atoms. The first kappa shape index (κ1) is 32.5. The quantitative estimate of drug-likeness (QED) is 0.201. The van der Waals surface area contributed by atoms with E-state index in [0.717, 1.165) is 15.9 Å². The van der Waals surface area contributed by atoms with Crippen LogP contribution in [0.5, 0.6) is 5.75 Å². The van der Waals surface area contributed by atoms with Crippen molar-refractivity contribution in [2.45, 2.75) is 82.1 Å². The Labute approximate surface area is 242 Å². The normalized spacial score (nSPS) is 18.1. The zero-order chi connectivity index (χ0) is 30.3. The van der Waals surface area contributed by atoms with E-state index >= 15 is 0 Å². The number of hydroxylamine groups is 1. The number of sulfonamides is 1. The Bertz CT molecular complexity index is 1290. The molecule has 2 amide bonds. The number of amides is 2. The van der Waals surface area contributed by atoms with Gasteiger partial charge in [0, 0.05) is 14.6 Å². The van der Waals surface area contributed by atoms with Crippen LogP contribution in [0.3, 0.4) is 0 Å². The van der Waals surface area contributed by atoms with Crippen molar-refractivity contribution in [2.24, 2.45) is 0 Å². The standard InChI is InChI=1S/C28H40FN3O7SSi/c1-21(2)39-27(34)30-28(26(33)31-38-18-19-41(3,4)5)16-6-7-17-32(28)40(35,36)25-14-12-24(13-15-25)37-20-22-8-10-23(29)11-9-22/h8-15,21H,6-7,16-20H2,1-5H3,(H,30,34)(H,31,33)/t28-/m1/s1. The molecule has 0 radical (unpaired) electrons. The number of halogens is 1. The molecule has 0 unspecified atom stereocenters. The van der Waals surface area contributed by atoms with Crippen molar-refractivity contribution in [1.29, 1.82) is 0 Å². The molecule has 3 rings (SSSR count). The highest BCUT2D eigenvalue weighted by Crippen LogP contribution is 2.33. The number of hydrogen-bond acceptors (Lipinski definition) is 7. The summed E-state index contributed by atoms with van der Waals surface area (Å²) in [6.07, 6.45) is -0.388. The summed E-state index contributed by atoms with van der Waals surface area (Å²) in [6, 6.07) is 12.4. The van der Waals surface area contributed by atoms with E-state index in [4.69, 9.17) is 14.3 Å². The number of carbonyl (C=O) groups is 2. The highest BCUT2D eigenvalue weighted by atomic mass is 32.2. The van der Waals surface area contributed by atoms with E-state index < -0.39 is 41.9 Å². The molecule has 10 nitrogen and oxygen atoms in total. The maximum atomic E-state index is 13.9. The van der Waals surface area contributed by atoms with Crippen LogP contribution in [0, 0.1) is 5.82 Å². The van der Waals surface area contributed by atoms with Gasteiger partial charge in [0.05, 0.1) is 17.6 Å². The fourth-order valence-electron chi connectivity index (χ4n) is 4.24. The highest BCUT2D eigenvalue weighted by Gasteiger charge is 2.53. The van der Waals surface area contributed by atoms with Crippen LogP contribution in [0.4, 0.5) is 9.18 Å². The van der Waals surface area contributed by atoms with Crippen LogP contribution in [0.2, 0.25) is 25.7 Å². The lowest BCUT2D eigenvalue weighted by molar-refractivity contribution is -0.147. The minimum Gasteiger partial charge on any atom is -0.489 e. The maximum Gasteiger partial charge on any atom is 0.409 e. The van der Waals surface area contributed by atoms with Gasteiger partial charge in [-0.25, -0.2) is 23.1 Å². The monoisotopic (exact) mass is 609 g/mol. The summed E-state index contributed by atoms with van der Waals surface area (Å²) >= 11 is 0. The molecule has 2 aromatic rings. The molecular formula is C28H40FN3O7SSi. The SMILES string of the molecule is CC(C)OC(=O)N[C@]1(C(=O)NOCC[Si](C)(C)C)CCCCN1S(=O)(=O)c1ccc(OCc2ccc(F)cc2)cc1. The van der Waals surface area contributed by atoms with Crippen molar-refractivity contribution in [1.82, 2.24) is 15.1 Å². The summed E-state index contributed by atoms with van der Waals surface area (Å²) in [6.45, 7) is 10.2. The van der Waals surface area contributed by atoms with E-state index in [1.165, 1.54) is 36.4 Å². The van der Waals surface area contributed by atoms with Crippen molar-refractivity contribution in [3.8, 4) is 5.75 Å². The lowest BCUT2D eigenvalue weighted by Crippen LogP contribution is -2.71. The van der Waals surface area contributed by atoms with Crippen molar-refractivity contribution >= 4 is 30.1 Å². The lowest BCUT2D eigenvalue weighted by atomic mass is 9.97. The molecule has 1 aliphatic rings. The van der Waals surface area contributed by atoms with Gasteiger partial charge in [-0.2, -0.15) is 4.31 Å². The molecule has 2 N–H and O–H groups in total. The number of rotatable bonds is 12. The van der Waals surface area contributed by atoms with Gasteiger partial charge in [-0.15, -0.1) is 0 Å². The molecule has 0 saturated carbocycles. The summed E-state index contributed by atoms with van der Waals surface area (Å²) in [5.41, 5.74) is 1.18. The van der Waals surface area contributed by atoms with Gasteiger partial charge >= 0.3 is 6.09 Å². The summed E-state index contributed by atoms with van der Waals surface area (Å²) in [4.78, 5) is 31.7. The van der Waals surface area contributed by atoms with Gasteiger partial charge in [0.1, 0.15) is 18.2 Å². The number of hydrogen-bond donors (Lipinski definition) is 2. The Hall–Kier alpha value is -3.00. The summed E-state index contributed by atoms with van der Waals surface area (Å²) in [5, 5.41) is 2.55. The molecule has 1 atom stereocenters. The van der Waals surface area contributed by atoms with Gasteiger partial charge in [-0.05, 0) is 81.1 Å². The number of carbonyl (C=O) groups excluding carboxylic acids is 2. The Morgan fingerprint density at radius 2 is 1.71 bits per heavy atom. The van der Waals surface area contributed by atoms with Crippen LogP contribution in [0.15, 0.2) is 53.4 Å². The molecule has 0 spiro atoms. The molecule has 0 bridgehead atoms. The molecular weight excluding hydrogens is 569 g/mol. The third-order valence-electron chi connectivity index (χ3n) is 6.45. The molecule has 13 heteroatoms. The summed E-state index contributed by atoms with van der Waals surface area (Å²) in [7, 11) is -5.72. The topological polar surface area (TPSA) is 123 Å². The van der Waals surface area contributed by atoms with E-state index in [9.17, 15) is 22.4 Å². The Morgan fingerprint density at radius 3 is 2.32 bits per heavy atom. The molecule has 1 heterocycles. The van der Waals surface area contributed by atoms with Crippen LogP contribution in [0.25, 0.3) is 0 Å². The fourth-order valence-corrected chi connectivity index (χ4v) is 6.69. The minimum absolute atomic E-state index is 0.00453. The van der Waals surface area contributed by atoms with Crippen molar-refractivity contribution < 1.29 is 36.7 Å². The number of alkyl carbamates (subject to hydrolysis) is 1. The molecule has 1 saturated heterocycles. The van der Waals surface area contributed by atoms with Gasteiger partial charge in [0.15, 0.2) is 5.66 Å². The first-order chi connectivity index (χ1) is 19.2. The second-order valence-corrected chi connectivity index (χ2v) is 18.9. The van der Waals surface area contributed by atoms with Crippen LogP contribution < -0.4 is 15.5 Å². The number of ether oxygens (including phenoxy) is 2. The first-order valence-corrected chi connectivity index (χ1v) is 18.8. The predicted molar refractivity (Wildman–Crippen MR) is 155 cm³/mol. The average molecular weight is 610 g/mol. The van der Waals surface area contributed by atoms with E-state index in [1.807, 2.05) is 0 Å². The summed E-state index contributed by atoms with van der Waals surface area (Å²) < 4.78 is 53.0. The van der Waals surface area contributed by atoms with E-state index in [-0.39, 0.29) is 36.9 Å². The Kier molecular flexibility index (Phi) is 10.9. The van der Waals surface area contributed by atoms with Gasteiger partial charge in [-0.1, -0.05) is 31.8 Å². The van der Waals surface area contributed by atoms with E-state index in [0.29, 0.717) is 18.6 Å². The third-order valence-corrected chi connectivity index (χ3v) is 10.1. The largest absolute Gasteiger partial charge is 0.489 e. The summed E-state index contributed by atoms with van der Waals surface area (Å²) in [5.74, 6) is -0.738. The van der Waals surface area contributed by atoms with Crippen molar-refractivity contribution in [3.05, 3.63) is 59.9 Å². The Balaban J connectivity index is 1.84. The zero-order valence-corrected chi connectivity index (χ0v) is 26.1. The maximum absolute atomic E-state index is 13.9. The minimum atomic E-state index is -4.27. The van der Waals surface area contributed by atoms with Crippen LogP contribution in [-0.2, 0) is 31.0 Å². The predicted octanol–water partition coefficient (Wildman–Crippen LogP) is 4.80. The van der Waals surface area contributed by atoms with E-state index in [1.54, 1.807) is 26.0 Å². The second kappa shape index (κ2) is 13.8. The molecule has 1 fully saturated rings. The van der Waals surface area contributed by atoms with Crippen LogP contribution in [-0.4, -0.2) is 57.7 Å². The zero-order valence-electron chi connectivity index (χ0n) is 24.2. The van der Waals surface area contributed by atoms with Gasteiger partial charge in [-0.3, -0.25) is 14.9 Å². The number of piperidine rings is 1. The number of benzene rings is 2. The number of nitrogens with zero attached hydrogens (tertiary/aromatic N) is 1. The molecule has 0 aliphatic carbocycles. The molecule has 1 aliphatic heterocycles. The molecule has 226 valence electrons. The van der Waals surface area contributed by atoms with Crippen molar-refractivity contribution in [3.63, 3.8) is 0 Å². The smallest absolute Gasteiger partial charge is 0.409 e. The molecule has 0 aromatic heterocycles. The Morgan fingerprint density at radius 1 is 1.05 bits per heavy atom. The van der Waals surface area contributed by atoms with Crippen molar-refractivity contribution in [2.75, 3.05) is 13.2 Å². The van der Waals surface area contributed by atoms with E-state index in [2.05, 4.69) is 30.4 Å². The van der Waals surface area contributed by atoms with Crippen LogP contribution >= 0.6 is 0 Å². The highest BCUT2D eigenvalue weighted by molar-refractivity contribution is 7.89. The van der Waals surface area contributed by atoms with Gasteiger partial charge in [0.25, 0.3) is 5.91 Å². The number of nitrogens with one attached hydrogen (secondary N) is 2. The van der Waals surface area contributed by atoms with Gasteiger partial charge in [0.2, 0.25) is 10.0 Å². The lowest BCUT2D eigenvalue weighted by Gasteiger charge is -2.44. The molecule has 2 aromatic carbocycles. The average Bonchev–Trinajstić information content (AvgIpc) is 2.90. The fraction of sp³-hybridized carbons (Fsp3) is 0.500. The first-order valence-electron chi connectivity index (χ1n) is 13.6. The van der Waals surface area contributed by atoms with Gasteiger partial charge < -0.3 is 9.47 Å². The van der Waals surface area contributed by atoms with Crippen LogP contribution in [0.1, 0.15) is 38.7 Å². The third kappa shape index (κ3) is 8.99.